The molecular weight excluding hydrogens is 524 g/mol. The number of para-hydroxylation sites is 1. The molecular formula is C24H33FN3O9P. The highest BCUT2D eigenvalue weighted by atomic mass is 31.2. The van der Waals surface area contributed by atoms with Gasteiger partial charge in [0.1, 0.15) is 24.0 Å². The second-order valence-electron chi connectivity index (χ2n) is 9.67. The molecule has 0 aliphatic carbocycles. The fourth-order valence-corrected chi connectivity index (χ4v) is 5.46. The molecule has 1 aromatic carbocycles. The van der Waals surface area contributed by atoms with Crippen LogP contribution in [0.4, 0.5) is 4.39 Å². The third kappa shape index (κ3) is 6.97. The van der Waals surface area contributed by atoms with Crippen LogP contribution in [0.15, 0.2) is 52.2 Å². The quantitative estimate of drug-likeness (QED) is 0.277. The molecule has 0 radical (unpaired) electrons. The highest BCUT2D eigenvalue weighted by Gasteiger charge is 2.56. The molecule has 3 rings (SSSR count). The fourth-order valence-electron chi connectivity index (χ4n) is 3.79. The predicted octanol–water partition coefficient (Wildman–Crippen LogP) is 2.29. The van der Waals surface area contributed by atoms with Crippen molar-refractivity contribution in [3.05, 3.63) is 63.4 Å². The number of nitrogens with zero attached hydrogens (tertiary/aromatic N) is 1. The van der Waals surface area contributed by atoms with Gasteiger partial charge in [-0.15, -0.1) is 0 Å². The molecule has 210 valence electrons. The van der Waals surface area contributed by atoms with Gasteiger partial charge in [-0.3, -0.25) is 23.7 Å². The van der Waals surface area contributed by atoms with Gasteiger partial charge < -0.3 is 19.1 Å². The number of esters is 1. The molecule has 38 heavy (non-hydrogen) atoms. The molecule has 2 aromatic rings. The second kappa shape index (κ2) is 11.9. The number of nitrogens with one attached hydrogen (secondary N) is 2. The first-order valence-electron chi connectivity index (χ1n) is 12.0. The van der Waals surface area contributed by atoms with Crippen LogP contribution >= 0.6 is 7.75 Å². The van der Waals surface area contributed by atoms with E-state index in [-0.39, 0.29) is 5.75 Å². The number of aliphatic hydroxyl groups is 1. The molecule has 2 heterocycles. The van der Waals surface area contributed by atoms with Crippen molar-refractivity contribution in [3.63, 3.8) is 0 Å². The van der Waals surface area contributed by atoms with Crippen LogP contribution in [0.3, 0.4) is 0 Å². The molecule has 0 amide bonds. The van der Waals surface area contributed by atoms with Crippen molar-refractivity contribution < 1.29 is 37.4 Å². The molecule has 1 unspecified atom stereocenters. The minimum Gasteiger partial charge on any atom is -0.462 e. The van der Waals surface area contributed by atoms with Crippen molar-refractivity contribution in [2.45, 2.75) is 70.9 Å². The van der Waals surface area contributed by atoms with Crippen LogP contribution in [0.5, 0.6) is 5.75 Å². The lowest BCUT2D eigenvalue weighted by Gasteiger charge is -2.28. The number of carbonyl (C=O) groups excluding carboxylic acids is 1. The van der Waals surface area contributed by atoms with E-state index < -0.39 is 73.7 Å². The van der Waals surface area contributed by atoms with E-state index >= 15 is 4.39 Å². The highest BCUT2D eigenvalue weighted by Crippen LogP contribution is 2.48. The molecule has 12 nitrogen and oxygen atoms in total. The summed E-state index contributed by atoms with van der Waals surface area (Å²) in [7, 11) is -4.36. The summed E-state index contributed by atoms with van der Waals surface area (Å²) in [4.78, 5) is 38.3. The van der Waals surface area contributed by atoms with E-state index in [1.807, 2.05) is 4.98 Å². The first-order chi connectivity index (χ1) is 17.7. The normalized spacial score (nSPS) is 25.8. The zero-order valence-corrected chi connectivity index (χ0v) is 22.6. The van der Waals surface area contributed by atoms with Crippen molar-refractivity contribution in [1.82, 2.24) is 14.6 Å². The zero-order chi connectivity index (χ0) is 28.3. The lowest BCUT2D eigenvalue weighted by molar-refractivity contribution is -0.150. The number of halogens is 1. The van der Waals surface area contributed by atoms with E-state index in [4.69, 9.17) is 18.5 Å². The number of aliphatic hydroxyl groups excluding tert-OH is 1. The smallest absolute Gasteiger partial charge is 0.459 e. The molecule has 0 spiro atoms. The third-order valence-corrected chi connectivity index (χ3v) is 7.30. The number of alkyl halides is 1. The number of ether oxygens (including phenoxy) is 2. The van der Waals surface area contributed by atoms with Gasteiger partial charge in [0.15, 0.2) is 11.9 Å². The number of benzene rings is 1. The van der Waals surface area contributed by atoms with Crippen LogP contribution in [0.1, 0.15) is 40.8 Å². The summed E-state index contributed by atoms with van der Waals surface area (Å²) in [6.45, 7) is 7.13. The Bertz CT molecular complexity index is 1260. The topological polar surface area (TPSA) is 158 Å². The summed E-state index contributed by atoms with van der Waals surface area (Å²) in [5.74, 6) is -0.915. The Morgan fingerprint density at radius 2 is 1.89 bits per heavy atom. The van der Waals surface area contributed by atoms with Crippen LogP contribution in [0.25, 0.3) is 0 Å². The maximum Gasteiger partial charge on any atom is 0.459 e. The van der Waals surface area contributed by atoms with Gasteiger partial charge >= 0.3 is 19.4 Å². The van der Waals surface area contributed by atoms with Crippen LogP contribution in [-0.4, -0.2) is 57.3 Å². The van der Waals surface area contributed by atoms with E-state index in [1.165, 1.54) is 12.1 Å². The lowest BCUT2D eigenvalue weighted by atomic mass is 9.98. The highest BCUT2D eigenvalue weighted by molar-refractivity contribution is 7.52. The summed E-state index contributed by atoms with van der Waals surface area (Å²) in [5.41, 5.74) is -4.12. The molecule has 14 heteroatoms. The number of H-pyrrole nitrogens is 1. The van der Waals surface area contributed by atoms with E-state index in [9.17, 15) is 24.1 Å². The van der Waals surface area contributed by atoms with Gasteiger partial charge in [-0.05, 0) is 38.8 Å². The van der Waals surface area contributed by atoms with Crippen molar-refractivity contribution >= 4 is 13.7 Å². The van der Waals surface area contributed by atoms with E-state index in [1.54, 1.807) is 45.9 Å². The van der Waals surface area contributed by atoms with Gasteiger partial charge in [-0.1, -0.05) is 32.0 Å². The Balaban J connectivity index is 1.85. The number of rotatable bonds is 11. The van der Waals surface area contributed by atoms with Crippen molar-refractivity contribution in [1.29, 1.82) is 0 Å². The molecule has 1 aromatic heterocycles. The summed E-state index contributed by atoms with van der Waals surface area (Å²) in [5, 5.41) is 13.3. The van der Waals surface area contributed by atoms with Crippen molar-refractivity contribution in [3.8, 4) is 5.75 Å². The Hall–Kier alpha value is -2.83. The number of carbonyl (C=O) groups is 1. The van der Waals surface area contributed by atoms with Gasteiger partial charge in [-0.2, -0.15) is 5.09 Å². The van der Waals surface area contributed by atoms with Gasteiger partial charge in [0.25, 0.3) is 5.56 Å². The average Bonchev–Trinajstić information content (AvgIpc) is 3.05. The SMILES string of the molecule is CC(C)OC(=O)[C@@H](NP(=O)(OC[C@H]1O[C@@H](n2ccc(=O)[nH]c2=O)[C@@](C)(F)[C@@H]1O)Oc1ccccc1)C(C)C. The molecule has 0 saturated carbocycles. The standard InChI is InChI=1S/C24H33FN3O9P/c1-14(2)19(21(31)35-15(3)4)27-38(33,37-16-9-7-6-8-10-16)34-13-17-20(30)24(5,25)22(36-17)28-12-11-18(29)26-23(28)32/h6-12,14-15,17,19-20,22,30H,13H2,1-5H3,(H,27,33)(H,26,29,32)/t17-,19+,20-,22-,24+,38?/m1/s1. The van der Waals surface area contributed by atoms with Crippen LogP contribution < -0.4 is 20.9 Å². The monoisotopic (exact) mass is 557 g/mol. The average molecular weight is 558 g/mol. The van der Waals surface area contributed by atoms with Crippen LogP contribution in [0, 0.1) is 5.92 Å². The summed E-state index contributed by atoms with van der Waals surface area (Å²) < 4.78 is 52.2. The molecule has 3 N–H and O–H groups in total. The molecule has 1 aliphatic heterocycles. The largest absolute Gasteiger partial charge is 0.462 e. The molecule has 6 atom stereocenters. The van der Waals surface area contributed by atoms with Gasteiger partial charge in [0, 0.05) is 12.3 Å². The van der Waals surface area contributed by atoms with Gasteiger partial charge in [0.2, 0.25) is 0 Å². The van der Waals surface area contributed by atoms with Crippen molar-refractivity contribution in [2.24, 2.45) is 5.92 Å². The second-order valence-corrected chi connectivity index (χ2v) is 11.4. The zero-order valence-electron chi connectivity index (χ0n) is 21.7. The molecule has 1 fully saturated rings. The van der Waals surface area contributed by atoms with E-state index in [0.717, 1.165) is 23.8 Å². The fraction of sp³-hybridized carbons (Fsp3) is 0.542. The van der Waals surface area contributed by atoms with Crippen LogP contribution in [0.2, 0.25) is 0 Å². The number of hydrogen-bond acceptors (Lipinski definition) is 9. The first kappa shape index (κ1) is 29.7. The Labute approximate surface area is 218 Å². The summed E-state index contributed by atoms with van der Waals surface area (Å²) >= 11 is 0. The summed E-state index contributed by atoms with van der Waals surface area (Å²) in [6.07, 6.45) is -4.23. The number of aromatic amines is 1. The maximum absolute atomic E-state index is 15.5. The Morgan fingerprint density at radius 3 is 2.47 bits per heavy atom. The van der Waals surface area contributed by atoms with Gasteiger partial charge in [-0.25, -0.2) is 13.8 Å². The van der Waals surface area contributed by atoms with E-state index in [0.29, 0.717) is 0 Å². The Morgan fingerprint density at radius 1 is 1.24 bits per heavy atom. The molecule has 0 bridgehead atoms. The predicted molar refractivity (Wildman–Crippen MR) is 134 cm³/mol. The first-order valence-corrected chi connectivity index (χ1v) is 13.6. The van der Waals surface area contributed by atoms with Crippen LogP contribution in [-0.2, 0) is 23.4 Å². The molecule has 1 aliphatic rings. The van der Waals surface area contributed by atoms with E-state index in [2.05, 4.69) is 5.09 Å². The lowest BCUT2D eigenvalue weighted by Crippen LogP contribution is -2.44. The molecule has 1 saturated heterocycles. The minimum atomic E-state index is -4.36. The number of aromatic nitrogens is 2. The maximum atomic E-state index is 15.5. The minimum absolute atomic E-state index is 0.156. The number of hydrogen-bond donors (Lipinski definition) is 3. The van der Waals surface area contributed by atoms with Crippen molar-refractivity contribution in [2.75, 3.05) is 6.61 Å². The third-order valence-electron chi connectivity index (χ3n) is 5.77. The summed E-state index contributed by atoms with van der Waals surface area (Å²) in [6, 6.07) is 7.94. The van der Waals surface area contributed by atoms with Gasteiger partial charge in [0.05, 0.1) is 12.7 Å². The Kier molecular flexibility index (Phi) is 9.32.